The third kappa shape index (κ3) is 5.65. The molecule has 0 aliphatic carbocycles. The Bertz CT molecular complexity index is 603. The van der Waals surface area contributed by atoms with Crippen molar-refractivity contribution in [1.82, 2.24) is 9.80 Å². The molecule has 0 spiro atoms. The van der Waals surface area contributed by atoms with Crippen LogP contribution in [-0.2, 0) is 20.9 Å². The van der Waals surface area contributed by atoms with Crippen molar-refractivity contribution in [3.63, 3.8) is 0 Å². The summed E-state index contributed by atoms with van der Waals surface area (Å²) in [5.41, 5.74) is 0.668. The molecular weight excluding hydrogens is 379 g/mol. The summed E-state index contributed by atoms with van der Waals surface area (Å²) in [5, 5.41) is 0. The van der Waals surface area contributed by atoms with Gasteiger partial charge in [0.15, 0.2) is 11.9 Å². The van der Waals surface area contributed by atoms with Crippen molar-refractivity contribution in [3.8, 4) is 0 Å². The molecule has 0 amide bonds. The van der Waals surface area contributed by atoms with E-state index in [9.17, 15) is 14.0 Å². The lowest BCUT2D eigenvalue weighted by atomic mass is 10.2. The van der Waals surface area contributed by atoms with Crippen LogP contribution in [-0.4, -0.2) is 60.4 Å². The number of Topliss-reactive ketones (excluding diaryl/α,β-unsaturated/α-hetero) is 1. The molecule has 0 saturated carbocycles. The Kier molecular flexibility index (Phi) is 6.89. The first-order valence-electron chi connectivity index (χ1n) is 7.93. The number of carbonyl (C=O) groups excluding carboxylic acids is 2. The Labute approximate surface area is 149 Å². The summed E-state index contributed by atoms with van der Waals surface area (Å²) in [4.78, 5) is 27.0. The van der Waals surface area contributed by atoms with Crippen LogP contribution >= 0.6 is 15.9 Å². The third-order valence-electron chi connectivity index (χ3n) is 4.11. The van der Waals surface area contributed by atoms with E-state index in [1.54, 1.807) is 13.0 Å². The van der Waals surface area contributed by atoms with Crippen molar-refractivity contribution in [1.29, 1.82) is 0 Å². The fraction of sp³-hybridized carbons (Fsp3) is 0.529. The molecule has 1 aromatic rings. The van der Waals surface area contributed by atoms with Gasteiger partial charge in [0.2, 0.25) is 0 Å². The van der Waals surface area contributed by atoms with E-state index in [4.69, 9.17) is 4.74 Å². The van der Waals surface area contributed by atoms with E-state index in [0.29, 0.717) is 25.2 Å². The van der Waals surface area contributed by atoms with Crippen molar-refractivity contribution >= 4 is 27.7 Å². The lowest BCUT2D eigenvalue weighted by molar-refractivity contribution is -0.154. The van der Waals surface area contributed by atoms with E-state index in [0.717, 1.165) is 17.6 Å². The molecule has 1 unspecified atom stereocenters. The molecule has 1 saturated heterocycles. The number of halogens is 2. The van der Waals surface area contributed by atoms with Crippen LogP contribution in [0.3, 0.4) is 0 Å². The zero-order valence-corrected chi connectivity index (χ0v) is 15.5. The summed E-state index contributed by atoms with van der Waals surface area (Å²) in [6.07, 6.45) is -0.695. The summed E-state index contributed by atoms with van der Waals surface area (Å²) in [7, 11) is 0. The van der Waals surface area contributed by atoms with Gasteiger partial charge >= 0.3 is 5.97 Å². The number of rotatable bonds is 6. The third-order valence-corrected chi connectivity index (χ3v) is 4.60. The summed E-state index contributed by atoms with van der Waals surface area (Å²) in [5.74, 6) is -0.761. The van der Waals surface area contributed by atoms with Gasteiger partial charge in [-0.2, -0.15) is 0 Å². The minimum atomic E-state index is -0.695. The fourth-order valence-electron chi connectivity index (χ4n) is 2.50. The van der Waals surface area contributed by atoms with Gasteiger partial charge in [0.1, 0.15) is 5.82 Å². The van der Waals surface area contributed by atoms with Crippen LogP contribution in [0, 0.1) is 5.82 Å². The normalized spacial score (nSPS) is 17.5. The van der Waals surface area contributed by atoms with Gasteiger partial charge in [0, 0.05) is 42.8 Å². The van der Waals surface area contributed by atoms with Crippen LogP contribution in [0.2, 0.25) is 0 Å². The van der Waals surface area contributed by atoms with Crippen LogP contribution in [0.25, 0.3) is 0 Å². The Morgan fingerprint density at radius 1 is 1.25 bits per heavy atom. The van der Waals surface area contributed by atoms with Crippen molar-refractivity contribution in [3.05, 3.63) is 34.1 Å². The van der Waals surface area contributed by atoms with Gasteiger partial charge in [-0.25, -0.2) is 4.39 Å². The summed E-state index contributed by atoms with van der Waals surface area (Å²) < 4.78 is 19.7. The minimum absolute atomic E-state index is 0.162. The first-order chi connectivity index (χ1) is 11.3. The first kappa shape index (κ1) is 19.0. The van der Waals surface area contributed by atoms with Gasteiger partial charge in [-0.05, 0) is 26.0 Å². The number of piperazine rings is 1. The van der Waals surface area contributed by atoms with Crippen LogP contribution in [0.5, 0.6) is 0 Å². The number of nitrogens with zero attached hydrogens (tertiary/aromatic N) is 2. The molecular formula is C17H22BrFN2O3. The van der Waals surface area contributed by atoms with E-state index in [2.05, 4.69) is 20.8 Å². The molecule has 1 atom stereocenters. The number of ketones is 1. The summed E-state index contributed by atoms with van der Waals surface area (Å²) in [6.45, 7) is 6.64. The second-order valence-corrected chi connectivity index (χ2v) is 6.95. The summed E-state index contributed by atoms with van der Waals surface area (Å²) in [6, 6.07) is 5.09. The zero-order valence-electron chi connectivity index (χ0n) is 13.9. The first-order valence-corrected chi connectivity index (χ1v) is 8.73. The quantitative estimate of drug-likeness (QED) is 0.685. The molecule has 24 heavy (non-hydrogen) atoms. The monoisotopic (exact) mass is 400 g/mol. The molecule has 1 aromatic carbocycles. The van der Waals surface area contributed by atoms with Crippen molar-refractivity contribution < 1.29 is 18.7 Å². The molecule has 1 fully saturated rings. The fourth-order valence-corrected chi connectivity index (χ4v) is 2.83. The van der Waals surface area contributed by atoms with Gasteiger partial charge < -0.3 is 4.74 Å². The van der Waals surface area contributed by atoms with Crippen LogP contribution in [0.4, 0.5) is 4.39 Å². The second-order valence-electron chi connectivity index (χ2n) is 6.03. The average Bonchev–Trinajstić information content (AvgIpc) is 2.51. The molecule has 0 bridgehead atoms. The van der Waals surface area contributed by atoms with E-state index in [1.807, 2.05) is 11.0 Å². The Balaban J connectivity index is 1.77. The Morgan fingerprint density at radius 3 is 2.46 bits per heavy atom. The minimum Gasteiger partial charge on any atom is -0.454 e. The molecule has 1 aliphatic heterocycles. The molecule has 1 heterocycles. The predicted octanol–water partition coefficient (Wildman–Crippen LogP) is 2.23. The molecule has 2 rings (SSSR count). The molecule has 0 N–H and O–H groups in total. The standard InChI is InChI=1S/C17H22BrFN2O3/c1-12(22)13(2)24-17(23)11-21-7-5-20(6-8-21)10-14-3-4-15(18)9-16(14)19/h3-4,9,13H,5-8,10-11H2,1-2H3. The SMILES string of the molecule is CC(=O)C(C)OC(=O)CN1CCN(Cc2ccc(Br)cc2F)CC1. The maximum Gasteiger partial charge on any atom is 0.320 e. The summed E-state index contributed by atoms with van der Waals surface area (Å²) >= 11 is 3.25. The zero-order chi connectivity index (χ0) is 17.7. The molecule has 0 radical (unpaired) electrons. The van der Waals surface area contributed by atoms with E-state index in [1.165, 1.54) is 13.0 Å². The predicted molar refractivity (Wildman–Crippen MR) is 92.1 cm³/mol. The van der Waals surface area contributed by atoms with Gasteiger partial charge in [-0.1, -0.05) is 22.0 Å². The maximum absolute atomic E-state index is 13.9. The number of ether oxygens (including phenoxy) is 1. The van der Waals surface area contributed by atoms with Crippen molar-refractivity contribution in [2.24, 2.45) is 0 Å². The number of benzene rings is 1. The highest BCUT2D eigenvalue weighted by Crippen LogP contribution is 2.17. The van der Waals surface area contributed by atoms with Crippen molar-refractivity contribution in [2.75, 3.05) is 32.7 Å². The number of esters is 1. The Morgan fingerprint density at radius 2 is 1.88 bits per heavy atom. The lowest BCUT2D eigenvalue weighted by Gasteiger charge is -2.34. The molecule has 7 heteroatoms. The largest absolute Gasteiger partial charge is 0.454 e. The second kappa shape index (κ2) is 8.69. The number of hydrogen-bond acceptors (Lipinski definition) is 5. The number of carbonyl (C=O) groups is 2. The van der Waals surface area contributed by atoms with Gasteiger partial charge in [0.05, 0.1) is 6.54 Å². The lowest BCUT2D eigenvalue weighted by Crippen LogP contribution is -2.48. The van der Waals surface area contributed by atoms with Gasteiger partial charge in [-0.15, -0.1) is 0 Å². The van der Waals surface area contributed by atoms with E-state index >= 15 is 0 Å². The highest BCUT2D eigenvalue weighted by molar-refractivity contribution is 9.10. The average molecular weight is 401 g/mol. The van der Waals surface area contributed by atoms with Crippen LogP contribution in [0.1, 0.15) is 19.4 Å². The van der Waals surface area contributed by atoms with E-state index < -0.39 is 6.10 Å². The highest BCUT2D eigenvalue weighted by atomic mass is 79.9. The molecule has 1 aliphatic rings. The Hall–Kier alpha value is -1.31. The molecule has 5 nitrogen and oxygen atoms in total. The van der Waals surface area contributed by atoms with Gasteiger partial charge in [0.25, 0.3) is 0 Å². The molecule has 0 aromatic heterocycles. The van der Waals surface area contributed by atoms with Crippen LogP contribution < -0.4 is 0 Å². The molecule has 132 valence electrons. The van der Waals surface area contributed by atoms with E-state index in [-0.39, 0.29) is 24.1 Å². The van der Waals surface area contributed by atoms with Crippen molar-refractivity contribution in [2.45, 2.75) is 26.5 Å². The van der Waals surface area contributed by atoms with Crippen LogP contribution in [0.15, 0.2) is 22.7 Å². The smallest absolute Gasteiger partial charge is 0.320 e. The highest BCUT2D eigenvalue weighted by Gasteiger charge is 2.22. The number of hydrogen-bond donors (Lipinski definition) is 0. The van der Waals surface area contributed by atoms with Gasteiger partial charge in [-0.3, -0.25) is 19.4 Å². The topological polar surface area (TPSA) is 49.9 Å². The maximum atomic E-state index is 13.9.